The van der Waals surface area contributed by atoms with Gasteiger partial charge in [0.15, 0.2) is 0 Å². The van der Waals surface area contributed by atoms with Gasteiger partial charge < -0.3 is 15.5 Å². The fourth-order valence-corrected chi connectivity index (χ4v) is 5.07. The minimum absolute atomic E-state index is 0.0857. The molecule has 0 fully saturated rings. The fourth-order valence-electron chi connectivity index (χ4n) is 5.07. The molecule has 0 radical (unpaired) electrons. The summed E-state index contributed by atoms with van der Waals surface area (Å²) in [7, 11) is 0. The predicted molar refractivity (Wildman–Crippen MR) is 179 cm³/mol. The molecule has 4 nitrogen and oxygen atoms in total. The van der Waals surface area contributed by atoms with Crippen molar-refractivity contribution >= 4 is 5.91 Å². The first-order valence-corrected chi connectivity index (χ1v) is 17.7. The average molecular weight is 576 g/mol. The van der Waals surface area contributed by atoms with Crippen molar-refractivity contribution in [1.82, 2.24) is 5.32 Å². The van der Waals surface area contributed by atoms with Crippen LogP contribution in [-0.2, 0) is 4.79 Å². The lowest BCUT2D eigenvalue weighted by atomic mass is 10.1. The van der Waals surface area contributed by atoms with Gasteiger partial charge in [0.05, 0.1) is 18.8 Å². The summed E-state index contributed by atoms with van der Waals surface area (Å²) in [4.78, 5) is 12.3. The van der Waals surface area contributed by atoms with Gasteiger partial charge in [0.2, 0.25) is 5.91 Å². The Hall–Kier alpha value is -1.39. The van der Waals surface area contributed by atoms with Crippen molar-refractivity contribution in [1.29, 1.82) is 0 Å². The van der Waals surface area contributed by atoms with Crippen LogP contribution >= 0.6 is 0 Å². The molecule has 240 valence electrons. The molecule has 0 heterocycles. The molecule has 2 atom stereocenters. The zero-order chi connectivity index (χ0) is 30.1. The van der Waals surface area contributed by atoms with E-state index in [1.54, 1.807) is 6.08 Å². The summed E-state index contributed by atoms with van der Waals surface area (Å²) < 4.78 is 0. The number of allylic oxidation sites excluding steroid dienone is 5. The number of amides is 1. The van der Waals surface area contributed by atoms with Gasteiger partial charge in [-0.05, 0) is 57.8 Å². The first kappa shape index (κ1) is 39.6. The molecular formula is C37H69NO3. The van der Waals surface area contributed by atoms with Gasteiger partial charge in [-0.3, -0.25) is 4.79 Å². The maximum Gasteiger partial charge on any atom is 0.220 e. The molecule has 0 aromatic rings. The lowest BCUT2D eigenvalue weighted by Crippen LogP contribution is -2.45. The number of hydrogen-bond acceptors (Lipinski definition) is 3. The third-order valence-corrected chi connectivity index (χ3v) is 7.85. The highest BCUT2D eigenvalue weighted by Gasteiger charge is 2.17. The molecule has 0 aliphatic carbocycles. The first-order valence-electron chi connectivity index (χ1n) is 17.7. The Morgan fingerprint density at radius 1 is 0.561 bits per heavy atom. The van der Waals surface area contributed by atoms with Crippen LogP contribution in [0.15, 0.2) is 36.5 Å². The number of hydrogen-bond donors (Lipinski definition) is 3. The van der Waals surface area contributed by atoms with Crippen LogP contribution in [0.5, 0.6) is 0 Å². The summed E-state index contributed by atoms with van der Waals surface area (Å²) in [6.45, 7) is 4.26. The molecule has 0 unspecified atom stereocenters. The molecule has 41 heavy (non-hydrogen) atoms. The third-order valence-electron chi connectivity index (χ3n) is 7.85. The van der Waals surface area contributed by atoms with Crippen LogP contribution in [0.4, 0.5) is 0 Å². The number of unbranched alkanes of at least 4 members (excludes halogenated alkanes) is 20. The van der Waals surface area contributed by atoms with E-state index in [0.29, 0.717) is 6.42 Å². The largest absolute Gasteiger partial charge is 0.394 e. The highest BCUT2D eigenvalue weighted by Crippen LogP contribution is 2.12. The van der Waals surface area contributed by atoms with Crippen molar-refractivity contribution < 1.29 is 15.0 Å². The second kappa shape index (κ2) is 33.1. The molecule has 0 bridgehead atoms. The van der Waals surface area contributed by atoms with Crippen LogP contribution in [-0.4, -0.2) is 34.9 Å². The Balaban J connectivity index is 3.71. The lowest BCUT2D eigenvalue weighted by molar-refractivity contribution is -0.123. The fraction of sp³-hybridized carbons (Fsp3) is 0.811. The minimum Gasteiger partial charge on any atom is -0.394 e. The number of carbonyl (C=O) groups excluding carboxylic acids is 1. The third kappa shape index (κ3) is 29.9. The van der Waals surface area contributed by atoms with Gasteiger partial charge in [-0.1, -0.05) is 147 Å². The first-order chi connectivity index (χ1) is 20.2. The van der Waals surface area contributed by atoms with Gasteiger partial charge in [-0.2, -0.15) is 0 Å². The predicted octanol–water partition coefficient (Wildman–Crippen LogP) is 10.3. The summed E-state index contributed by atoms with van der Waals surface area (Å²) >= 11 is 0. The Labute approximate surface area is 255 Å². The molecule has 0 aliphatic heterocycles. The monoisotopic (exact) mass is 576 g/mol. The van der Waals surface area contributed by atoms with Crippen molar-refractivity contribution in [3.8, 4) is 0 Å². The van der Waals surface area contributed by atoms with E-state index in [9.17, 15) is 15.0 Å². The number of nitrogens with one attached hydrogen (secondary N) is 1. The molecule has 3 N–H and O–H groups in total. The Kier molecular flexibility index (Phi) is 32.0. The lowest BCUT2D eigenvalue weighted by Gasteiger charge is -2.19. The molecule has 4 heteroatoms. The number of rotatable bonds is 31. The normalized spacial score (nSPS) is 13.6. The Morgan fingerprint density at radius 3 is 1.44 bits per heavy atom. The van der Waals surface area contributed by atoms with Crippen LogP contribution in [0.3, 0.4) is 0 Å². The second-order valence-electron chi connectivity index (χ2n) is 11.9. The van der Waals surface area contributed by atoms with Gasteiger partial charge in [0.25, 0.3) is 0 Å². The van der Waals surface area contributed by atoms with E-state index in [4.69, 9.17) is 0 Å². The van der Waals surface area contributed by atoms with Crippen molar-refractivity contribution in [3.05, 3.63) is 36.5 Å². The van der Waals surface area contributed by atoms with E-state index >= 15 is 0 Å². The van der Waals surface area contributed by atoms with Crippen molar-refractivity contribution in [3.63, 3.8) is 0 Å². The maximum atomic E-state index is 12.3. The average Bonchev–Trinajstić information content (AvgIpc) is 2.97. The zero-order valence-electron chi connectivity index (χ0n) is 27.3. The summed E-state index contributed by atoms with van der Waals surface area (Å²) in [5.41, 5.74) is 0. The quantitative estimate of drug-likeness (QED) is 0.0569. The van der Waals surface area contributed by atoms with Gasteiger partial charge >= 0.3 is 0 Å². The maximum absolute atomic E-state index is 12.3. The Morgan fingerprint density at radius 2 is 0.951 bits per heavy atom. The van der Waals surface area contributed by atoms with Crippen LogP contribution < -0.4 is 5.32 Å². The van der Waals surface area contributed by atoms with E-state index in [2.05, 4.69) is 43.5 Å². The molecular weight excluding hydrogens is 506 g/mol. The number of aliphatic hydroxyl groups is 2. The van der Waals surface area contributed by atoms with Crippen molar-refractivity contribution in [2.75, 3.05) is 6.61 Å². The second-order valence-corrected chi connectivity index (χ2v) is 11.9. The number of aliphatic hydroxyl groups excluding tert-OH is 2. The summed E-state index contributed by atoms with van der Waals surface area (Å²) in [6.07, 6.45) is 42.2. The van der Waals surface area contributed by atoms with E-state index in [1.165, 1.54) is 109 Å². The Bertz CT molecular complexity index is 628. The van der Waals surface area contributed by atoms with E-state index in [1.807, 2.05) is 6.08 Å². The highest BCUT2D eigenvalue weighted by molar-refractivity contribution is 5.76. The smallest absolute Gasteiger partial charge is 0.220 e. The number of carbonyl (C=O) groups is 1. The van der Waals surface area contributed by atoms with Gasteiger partial charge in [-0.25, -0.2) is 0 Å². The van der Waals surface area contributed by atoms with Crippen molar-refractivity contribution in [2.24, 2.45) is 0 Å². The van der Waals surface area contributed by atoms with Crippen LogP contribution in [0.25, 0.3) is 0 Å². The van der Waals surface area contributed by atoms with E-state index < -0.39 is 12.1 Å². The van der Waals surface area contributed by atoms with E-state index in [-0.39, 0.29) is 12.5 Å². The van der Waals surface area contributed by atoms with E-state index in [0.717, 1.165) is 44.9 Å². The van der Waals surface area contributed by atoms with Gasteiger partial charge in [0, 0.05) is 6.42 Å². The van der Waals surface area contributed by atoms with Crippen molar-refractivity contribution in [2.45, 2.75) is 187 Å². The molecule has 0 spiro atoms. The minimum atomic E-state index is -0.862. The molecule has 0 rings (SSSR count). The standard InChI is InChI=1S/C37H69NO3/c1-3-5-7-9-11-13-15-17-18-19-21-22-24-26-28-30-32-36(40)35(34-39)38-37(41)33-31-29-27-25-23-20-16-14-12-10-8-6-4-2/h14,16,22,24,30,32,35-36,39-40H,3-13,15,17-21,23,25-29,31,33-34H2,1-2H3,(H,38,41)/b16-14+,24-22+,32-30+/t35-,36+/m0/s1. The summed E-state index contributed by atoms with van der Waals surface area (Å²) in [5.74, 6) is -0.0857. The highest BCUT2D eigenvalue weighted by atomic mass is 16.3. The molecule has 0 aromatic heterocycles. The molecule has 0 aromatic carbocycles. The van der Waals surface area contributed by atoms with Gasteiger partial charge in [0.1, 0.15) is 0 Å². The topological polar surface area (TPSA) is 69.6 Å². The molecule has 0 saturated heterocycles. The van der Waals surface area contributed by atoms with Gasteiger partial charge in [-0.15, -0.1) is 0 Å². The van der Waals surface area contributed by atoms with Crippen LogP contribution in [0, 0.1) is 0 Å². The summed E-state index contributed by atoms with van der Waals surface area (Å²) in [5, 5.41) is 22.8. The van der Waals surface area contributed by atoms with Crippen LogP contribution in [0.1, 0.15) is 174 Å². The zero-order valence-corrected chi connectivity index (χ0v) is 27.3. The molecule has 1 amide bonds. The molecule has 0 saturated carbocycles. The molecule has 0 aliphatic rings. The van der Waals surface area contributed by atoms with Crippen LogP contribution in [0.2, 0.25) is 0 Å². The SMILES string of the molecule is CCCCCC/C=C/CCCCCCCC(=O)N[C@@H](CO)[C@H](O)/C=C/CC/C=C/CCCCCCCCCCCC. The summed E-state index contributed by atoms with van der Waals surface area (Å²) in [6, 6.07) is -0.639.